The molecule has 6 heteroatoms. The summed E-state index contributed by atoms with van der Waals surface area (Å²) < 4.78 is 0. The van der Waals surface area contributed by atoms with Gasteiger partial charge in [0.2, 0.25) is 0 Å². The molecule has 0 bridgehead atoms. The maximum atomic E-state index is 12.2. The van der Waals surface area contributed by atoms with Crippen molar-refractivity contribution < 1.29 is 9.90 Å². The van der Waals surface area contributed by atoms with Crippen LogP contribution in [0.4, 0.5) is 0 Å². The molecular formula is C15H18N4O2. The first-order valence-electron chi connectivity index (χ1n) is 7.13. The van der Waals surface area contributed by atoms with Crippen molar-refractivity contribution in [2.75, 3.05) is 6.54 Å². The van der Waals surface area contributed by atoms with E-state index >= 15 is 0 Å². The second-order valence-corrected chi connectivity index (χ2v) is 5.53. The summed E-state index contributed by atoms with van der Waals surface area (Å²) in [5.41, 5.74) is 0.614. The number of hydrogen-bond donors (Lipinski definition) is 3. The van der Waals surface area contributed by atoms with Gasteiger partial charge in [-0.15, -0.1) is 0 Å². The Hall–Kier alpha value is -2.21. The molecule has 3 rings (SSSR count). The molecule has 1 heterocycles. The molecule has 0 spiro atoms. The summed E-state index contributed by atoms with van der Waals surface area (Å²) in [5, 5.41) is 19.6. The molecule has 0 aliphatic heterocycles. The van der Waals surface area contributed by atoms with Crippen LogP contribution in [0, 0.1) is 0 Å². The first-order chi connectivity index (χ1) is 10.2. The van der Waals surface area contributed by atoms with E-state index in [1.165, 1.54) is 6.33 Å². The fourth-order valence-electron chi connectivity index (χ4n) is 2.71. The first kappa shape index (κ1) is 13.8. The number of aromatic amines is 1. The highest BCUT2D eigenvalue weighted by Gasteiger charge is 2.31. The van der Waals surface area contributed by atoms with Gasteiger partial charge in [0.05, 0.1) is 5.60 Å². The maximum absolute atomic E-state index is 12.2. The number of benzene rings is 1. The molecule has 6 nitrogen and oxygen atoms in total. The topological polar surface area (TPSA) is 90.9 Å². The lowest BCUT2D eigenvalue weighted by molar-refractivity contribution is 0.0449. The second-order valence-electron chi connectivity index (χ2n) is 5.53. The van der Waals surface area contributed by atoms with E-state index in [1.807, 2.05) is 6.07 Å². The molecule has 2 aromatic rings. The van der Waals surface area contributed by atoms with Gasteiger partial charge in [-0.1, -0.05) is 25.0 Å². The quantitative estimate of drug-likeness (QED) is 0.794. The Morgan fingerprint density at radius 2 is 2.19 bits per heavy atom. The number of hydrogen-bond acceptors (Lipinski definition) is 4. The lowest BCUT2D eigenvalue weighted by Gasteiger charge is -2.22. The van der Waals surface area contributed by atoms with Crippen LogP contribution in [0.1, 0.15) is 36.0 Å². The fourth-order valence-corrected chi connectivity index (χ4v) is 2.71. The van der Waals surface area contributed by atoms with Gasteiger partial charge in [-0.3, -0.25) is 9.89 Å². The molecule has 1 amide bonds. The van der Waals surface area contributed by atoms with Crippen LogP contribution in [0.25, 0.3) is 11.4 Å². The van der Waals surface area contributed by atoms with Gasteiger partial charge >= 0.3 is 0 Å². The molecule has 110 valence electrons. The highest BCUT2D eigenvalue weighted by atomic mass is 16.3. The number of carbonyl (C=O) groups excluding carboxylic acids is 1. The third-order valence-corrected chi connectivity index (χ3v) is 3.93. The third-order valence-electron chi connectivity index (χ3n) is 3.93. The average molecular weight is 286 g/mol. The predicted molar refractivity (Wildman–Crippen MR) is 77.6 cm³/mol. The lowest BCUT2D eigenvalue weighted by Crippen LogP contribution is -2.40. The minimum Gasteiger partial charge on any atom is -0.388 e. The zero-order valence-corrected chi connectivity index (χ0v) is 11.7. The maximum Gasteiger partial charge on any atom is 0.251 e. The van der Waals surface area contributed by atoms with Crippen LogP contribution in [0.2, 0.25) is 0 Å². The Morgan fingerprint density at radius 3 is 2.90 bits per heavy atom. The third kappa shape index (κ3) is 3.11. The summed E-state index contributed by atoms with van der Waals surface area (Å²) in [6, 6.07) is 7.17. The van der Waals surface area contributed by atoms with E-state index in [9.17, 15) is 9.90 Å². The van der Waals surface area contributed by atoms with E-state index in [-0.39, 0.29) is 5.91 Å². The Kier molecular flexibility index (Phi) is 3.70. The van der Waals surface area contributed by atoms with Crippen molar-refractivity contribution in [1.82, 2.24) is 20.5 Å². The molecule has 0 radical (unpaired) electrons. The van der Waals surface area contributed by atoms with Crippen LogP contribution >= 0.6 is 0 Å². The summed E-state index contributed by atoms with van der Waals surface area (Å²) in [7, 11) is 0. The zero-order chi connectivity index (χ0) is 14.7. The van der Waals surface area contributed by atoms with Crippen molar-refractivity contribution in [3.63, 3.8) is 0 Å². The van der Waals surface area contributed by atoms with Crippen LogP contribution in [0.15, 0.2) is 30.6 Å². The lowest BCUT2D eigenvalue weighted by atomic mass is 10.0. The Morgan fingerprint density at radius 1 is 1.38 bits per heavy atom. The Bertz CT molecular complexity index is 618. The Balaban J connectivity index is 1.69. The van der Waals surface area contributed by atoms with E-state index in [0.717, 1.165) is 31.2 Å². The molecule has 1 fully saturated rings. The van der Waals surface area contributed by atoms with Gasteiger partial charge in [-0.2, -0.15) is 5.10 Å². The second kappa shape index (κ2) is 5.65. The van der Waals surface area contributed by atoms with Crippen molar-refractivity contribution >= 4 is 5.91 Å². The molecule has 1 aromatic carbocycles. The van der Waals surface area contributed by atoms with E-state index in [0.29, 0.717) is 17.9 Å². The summed E-state index contributed by atoms with van der Waals surface area (Å²) in [6.07, 6.45) is 4.98. The molecule has 1 aliphatic carbocycles. The van der Waals surface area contributed by atoms with Crippen LogP contribution in [-0.2, 0) is 0 Å². The van der Waals surface area contributed by atoms with Gasteiger partial charge in [0.25, 0.3) is 5.91 Å². The predicted octanol–water partition coefficient (Wildman–Crippen LogP) is 1.51. The SMILES string of the molecule is O=C(NCC1(O)CCCC1)c1cccc(-c2ncn[nH]2)c1. The van der Waals surface area contributed by atoms with E-state index in [1.54, 1.807) is 18.2 Å². The zero-order valence-electron chi connectivity index (χ0n) is 11.7. The smallest absolute Gasteiger partial charge is 0.251 e. The summed E-state index contributed by atoms with van der Waals surface area (Å²) >= 11 is 0. The Labute approximate surface area is 122 Å². The van der Waals surface area contributed by atoms with E-state index < -0.39 is 5.60 Å². The minimum absolute atomic E-state index is 0.184. The minimum atomic E-state index is -0.738. The van der Waals surface area contributed by atoms with E-state index in [2.05, 4.69) is 20.5 Å². The molecule has 1 saturated carbocycles. The molecule has 0 atom stereocenters. The van der Waals surface area contributed by atoms with Crippen molar-refractivity contribution in [2.45, 2.75) is 31.3 Å². The van der Waals surface area contributed by atoms with Gasteiger partial charge in [0, 0.05) is 17.7 Å². The van der Waals surface area contributed by atoms with Gasteiger partial charge < -0.3 is 10.4 Å². The first-order valence-corrected chi connectivity index (χ1v) is 7.13. The van der Waals surface area contributed by atoms with Crippen molar-refractivity contribution in [3.05, 3.63) is 36.2 Å². The van der Waals surface area contributed by atoms with Crippen LogP contribution in [0.3, 0.4) is 0 Å². The van der Waals surface area contributed by atoms with Crippen LogP contribution in [-0.4, -0.2) is 38.3 Å². The molecule has 1 aromatic heterocycles. The van der Waals surface area contributed by atoms with E-state index in [4.69, 9.17) is 0 Å². The number of aliphatic hydroxyl groups is 1. The van der Waals surface area contributed by atoms with Gasteiger partial charge in [-0.25, -0.2) is 4.98 Å². The summed E-state index contributed by atoms with van der Waals surface area (Å²) in [6.45, 7) is 0.304. The number of nitrogens with one attached hydrogen (secondary N) is 2. The molecule has 1 aliphatic rings. The van der Waals surface area contributed by atoms with Crippen molar-refractivity contribution in [3.8, 4) is 11.4 Å². The number of aromatic nitrogens is 3. The normalized spacial score (nSPS) is 16.8. The largest absolute Gasteiger partial charge is 0.388 e. The van der Waals surface area contributed by atoms with Crippen molar-refractivity contribution in [1.29, 1.82) is 0 Å². The van der Waals surface area contributed by atoms with Crippen molar-refractivity contribution in [2.24, 2.45) is 0 Å². The number of carbonyl (C=O) groups is 1. The van der Waals surface area contributed by atoms with Crippen LogP contribution < -0.4 is 5.32 Å². The summed E-state index contributed by atoms with van der Waals surface area (Å²) in [5.74, 6) is 0.441. The molecular weight excluding hydrogens is 268 g/mol. The van der Waals surface area contributed by atoms with Gasteiger partial charge in [-0.05, 0) is 25.0 Å². The van der Waals surface area contributed by atoms with Gasteiger partial charge in [0.15, 0.2) is 5.82 Å². The highest BCUT2D eigenvalue weighted by Crippen LogP contribution is 2.28. The number of H-pyrrole nitrogens is 1. The highest BCUT2D eigenvalue weighted by molar-refractivity contribution is 5.95. The van der Waals surface area contributed by atoms with Gasteiger partial charge in [0.1, 0.15) is 6.33 Å². The molecule has 0 unspecified atom stereocenters. The fraction of sp³-hybridized carbons (Fsp3) is 0.400. The average Bonchev–Trinajstić information content (AvgIpc) is 3.17. The molecule has 3 N–H and O–H groups in total. The van der Waals surface area contributed by atoms with Crippen LogP contribution in [0.5, 0.6) is 0 Å². The monoisotopic (exact) mass is 286 g/mol. The number of rotatable bonds is 4. The summed E-state index contributed by atoms with van der Waals surface area (Å²) in [4.78, 5) is 16.3. The number of amides is 1. The molecule has 21 heavy (non-hydrogen) atoms. The standard InChI is InChI=1S/C15H18N4O2/c20-14(16-9-15(21)6-1-2-7-15)12-5-3-4-11(8-12)13-17-10-18-19-13/h3-5,8,10,21H,1-2,6-7,9H2,(H,16,20)(H,17,18,19). The molecule has 0 saturated heterocycles. The number of nitrogens with zero attached hydrogens (tertiary/aromatic N) is 2.